The van der Waals surface area contributed by atoms with Crippen molar-refractivity contribution in [1.29, 1.82) is 0 Å². The van der Waals surface area contributed by atoms with Crippen molar-refractivity contribution < 1.29 is 14.4 Å². The predicted molar refractivity (Wildman–Crippen MR) is 86.8 cm³/mol. The molecule has 2 heterocycles. The molecule has 0 spiro atoms. The number of rotatable bonds is 2. The lowest BCUT2D eigenvalue weighted by Gasteiger charge is -2.38. The highest BCUT2D eigenvalue weighted by Gasteiger charge is 2.31. The minimum Gasteiger partial charge on any atom is -0.343 e. The second-order valence-electron chi connectivity index (χ2n) is 6.70. The zero-order valence-corrected chi connectivity index (χ0v) is 14.4. The fourth-order valence-electron chi connectivity index (χ4n) is 3.17. The minimum absolute atomic E-state index is 0.0154. The highest BCUT2D eigenvalue weighted by atomic mass is 16.2. The molecule has 0 aliphatic carbocycles. The van der Waals surface area contributed by atoms with Crippen LogP contribution in [0.3, 0.4) is 0 Å². The van der Waals surface area contributed by atoms with Crippen LogP contribution >= 0.6 is 0 Å². The van der Waals surface area contributed by atoms with Gasteiger partial charge in [0.05, 0.1) is 0 Å². The van der Waals surface area contributed by atoms with Gasteiger partial charge in [0, 0.05) is 58.2 Å². The van der Waals surface area contributed by atoms with E-state index in [2.05, 4.69) is 5.32 Å². The van der Waals surface area contributed by atoms with Gasteiger partial charge in [-0.15, -0.1) is 0 Å². The molecule has 2 aliphatic heterocycles. The Morgan fingerprint density at radius 3 is 1.87 bits per heavy atom. The molecule has 7 nitrogen and oxygen atoms in total. The maximum absolute atomic E-state index is 12.6. The highest BCUT2D eigenvalue weighted by Crippen LogP contribution is 2.20. The van der Waals surface area contributed by atoms with Crippen molar-refractivity contribution in [3.63, 3.8) is 0 Å². The molecule has 2 aliphatic rings. The molecule has 0 saturated carbocycles. The van der Waals surface area contributed by atoms with Crippen molar-refractivity contribution in [3.8, 4) is 0 Å². The van der Waals surface area contributed by atoms with Crippen LogP contribution in [0.15, 0.2) is 0 Å². The molecule has 0 unspecified atom stereocenters. The second kappa shape index (κ2) is 7.66. The third-order valence-electron chi connectivity index (χ3n) is 4.58. The van der Waals surface area contributed by atoms with Gasteiger partial charge in [-0.05, 0) is 26.7 Å². The molecule has 0 aromatic carbocycles. The largest absolute Gasteiger partial charge is 0.343 e. The summed E-state index contributed by atoms with van der Waals surface area (Å²) in [5.74, 6) is 0.277. The Bertz CT molecular complexity index is 450. The zero-order valence-electron chi connectivity index (χ0n) is 14.4. The lowest BCUT2D eigenvalue weighted by atomic mass is 9.95. The average Bonchev–Trinajstić information content (AvgIpc) is 2.53. The lowest BCUT2D eigenvalue weighted by molar-refractivity contribution is -0.141. The molecule has 2 saturated heterocycles. The summed E-state index contributed by atoms with van der Waals surface area (Å²) < 4.78 is 0. The highest BCUT2D eigenvalue weighted by molar-refractivity contribution is 5.80. The van der Waals surface area contributed by atoms with E-state index >= 15 is 0 Å². The number of nitrogens with zero attached hydrogens (tertiary/aromatic N) is 3. The third kappa shape index (κ3) is 4.59. The van der Waals surface area contributed by atoms with Gasteiger partial charge in [0.2, 0.25) is 11.8 Å². The molecule has 2 rings (SSSR count). The second-order valence-corrected chi connectivity index (χ2v) is 6.70. The average molecular weight is 324 g/mol. The first-order valence-corrected chi connectivity index (χ1v) is 8.48. The molecule has 0 atom stereocenters. The van der Waals surface area contributed by atoms with Crippen molar-refractivity contribution in [3.05, 3.63) is 0 Å². The lowest BCUT2D eigenvalue weighted by Crippen LogP contribution is -2.55. The molecule has 0 radical (unpaired) electrons. The summed E-state index contributed by atoms with van der Waals surface area (Å²) in [5.41, 5.74) is 0. The van der Waals surface area contributed by atoms with Gasteiger partial charge in [0.1, 0.15) is 0 Å². The molecular weight excluding hydrogens is 296 g/mol. The molecule has 0 aromatic heterocycles. The molecular formula is C16H28N4O3. The number of carbonyl (C=O) groups excluding carboxylic acids is 3. The Kier molecular flexibility index (Phi) is 5.85. The van der Waals surface area contributed by atoms with Crippen LogP contribution in [0.5, 0.6) is 0 Å². The van der Waals surface area contributed by atoms with Gasteiger partial charge in [0.15, 0.2) is 0 Å². The van der Waals surface area contributed by atoms with Crippen LogP contribution in [0, 0.1) is 5.92 Å². The van der Waals surface area contributed by atoms with E-state index in [9.17, 15) is 14.4 Å². The van der Waals surface area contributed by atoms with Crippen molar-refractivity contribution >= 4 is 17.8 Å². The smallest absolute Gasteiger partial charge is 0.317 e. The van der Waals surface area contributed by atoms with E-state index in [1.807, 2.05) is 18.7 Å². The first-order valence-electron chi connectivity index (χ1n) is 8.48. The molecule has 4 amide bonds. The van der Waals surface area contributed by atoms with Crippen LogP contribution in [0.2, 0.25) is 0 Å². The summed E-state index contributed by atoms with van der Waals surface area (Å²) in [6.45, 7) is 9.13. The number of piperidine rings is 1. The number of piperazine rings is 1. The van der Waals surface area contributed by atoms with Crippen molar-refractivity contribution in [1.82, 2.24) is 20.0 Å². The van der Waals surface area contributed by atoms with Crippen LogP contribution in [0.25, 0.3) is 0 Å². The maximum Gasteiger partial charge on any atom is 0.317 e. The van der Waals surface area contributed by atoms with Gasteiger partial charge in [-0.25, -0.2) is 4.79 Å². The molecule has 2 fully saturated rings. The molecule has 130 valence electrons. The number of urea groups is 1. The SMILES string of the molecule is CC(=O)N1CCC(C(=O)N2CCN(C(=O)NC(C)C)CC2)CC1. The predicted octanol–water partition coefficient (Wildman–Crippen LogP) is 0.507. The molecule has 0 aromatic rings. The van der Waals surface area contributed by atoms with Gasteiger partial charge in [0.25, 0.3) is 0 Å². The number of nitrogens with one attached hydrogen (secondary N) is 1. The first-order chi connectivity index (χ1) is 10.9. The van der Waals surface area contributed by atoms with Crippen molar-refractivity contribution in [2.45, 2.75) is 39.7 Å². The van der Waals surface area contributed by atoms with E-state index in [0.717, 1.165) is 12.8 Å². The fourth-order valence-corrected chi connectivity index (χ4v) is 3.17. The number of amides is 4. The number of hydrogen-bond donors (Lipinski definition) is 1. The van der Waals surface area contributed by atoms with E-state index in [4.69, 9.17) is 0 Å². The van der Waals surface area contributed by atoms with Crippen LogP contribution in [-0.2, 0) is 9.59 Å². The topological polar surface area (TPSA) is 73.0 Å². The number of hydrogen-bond acceptors (Lipinski definition) is 3. The maximum atomic E-state index is 12.6. The number of carbonyl (C=O) groups is 3. The van der Waals surface area contributed by atoms with Crippen LogP contribution in [0.4, 0.5) is 4.79 Å². The first kappa shape index (κ1) is 17.6. The Labute approximate surface area is 138 Å². The summed E-state index contributed by atoms with van der Waals surface area (Å²) in [5, 5.41) is 2.88. The van der Waals surface area contributed by atoms with Gasteiger partial charge in [-0.1, -0.05) is 0 Å². The Hall–Kier alpha value is -1.79. The third-order valence-corrected chi connectivity index (χ3v) is 4.58. The monoisotopic (exact) mass is 324 g/mol. The van der Waals surface area contributed by atoms with E-state index in [1.165, 1.54) is 0 Å². The Morgan fingerprint density at radius 1 is 0.870 bits per heavy atom. The van der Waals surface area contributed by atoms with Crippen molar-refractivity contribution in [2.75, 3.05) is 39.3 Å². The summed E-state index contributed by atoms with van der Waals surface area (Å²) >= 11 is 0. The molecule has 7 heteroatoms. The summed E-state index contributed by atoms with van der Waals surface area (Å²) in [7, 11) is 0. The van der Waals surface area contributed by atoms with E-state index in [1.54, 1.807) is 16.7 Å². The summed E-state index contributed by atoms with van der Waals surface area (Å²) in [4.78, 5) is 41.3. The summed E-state index contributed by atoms with van der Waals surface area (Å²) in [6.07, 6.45) is 1.49. The van der Waals surface area contributed by atoms with Gasteiger partial charge in [-0.2, -0.15) is 0 Å². The van der Waals surface area contributed by atoms with E-state index in [-0.39, 0.29) is 29.8 Å². The van der Waals surface area contributed by atoms with E-state index in [0.29, 0.717) is 39.3 Å². The Balaban J connectivity index is 1.78. The van der Waals surface area contributed by atoms with E-state index < -0.39 is 0 Å². The summed E-state index contributed by atoms with van der Waals surface area (Å²) in [6, 6.07) is 0.0653. The Morgan fingerprint density at radius 2 is 1.39 bits per heavy atom. The zero-order chi connectivity index (χ0) is 17.0. The van der Waals surface area contributed by atoms with Crippen LogP contribution in [0.1, 0.15) is 33.6 Å². The molecule has 23 heavy (non-hydrogen) atoms. The van der Waals surface area contributed by atoms with Crippen molar-refractivity contribution in [2.24, 2.45) is 5.92 Å². The molecule has 1 N–H and O–H groups in total. The fraction of sp³-hybridized carbons (Fsp3) is 0.812. The molecule has 0 bridgehead atoms. The minimum atomic E-state index is -0.0538. The standard InChI is InChI=1S/C16H28N4O3/c1-12(2)17-16(23)20-10-8-19(9-11-20)15(22)14-4-6-18(7-5-14)13(3)21/h12,14H,4-11H2,1-3H3,(H,17,23). The van der Waals surface area contributed by atoms with Gasteiger partial charge >= 0.3 is 6.03 Å². The van der Waals surface area contributed by atoms with Gasteiger partial charge in [-0.3, -0.25) is 9.59 Å². The normalized spacial score (nSPS) is 19.9. The van der Waals surface area contributed by atoms with Gasteiger partial charge < -0.3 is 20.0 Å². The quantitative estimate of drug-likeness (QED) is 0.804. The van der Waals surface area contributed by atoms with Crippen LogP contribution < -0.4 is 5.32 Å². The number of likely N-dealkylation sites (tertiary alicyclic amines) is 1. The van der Waals surface area contributed by atoms with Crippen LogP contribution in [-0.4, -0.2) is 77.9 Å².